The number of rotatable bonds is 8. The lowest BCUT2D eigenvalue weighted by Crippen LogP contribution is -2.41. The summed E-state index contributed by atoms with van der Waals surface area (Å²) in [7, 11) is 3.05. The average Bonchev–Trinajstić information content (AvgIpc) is 3.13. The summed E-state index contributed by atoms with van der Waals surface area (Å²) in [6, 6.07) is 9.59. The molecule has 0 saturated carbocycles. The highest BCUT2D eigenvalue weighted by Gasteiger charge is 2.19. The molecule has 2 heterocycles. The number of carbonyl (C=O) groups excluding carboxylic acids is 1. The van der Waals surface area contributed by atoms with Gasteiger partial charge in [-0.25, -0.2) is 9.59 Å². The Hall–Kier alpha value is -3.56. The molecule has 0 saturated heterocycles. The molecule has 0 fully saturated rings. The zero-order valence-corrected chi connectivity index (χ0v) is 18.4. The fourth-order valence-electron chi connectivity index (χ4n) is 3.47. The quantitative estimate of drug-likeness (QED) is 0.521. The first kappa shape index (κ1) is 22.1. The fraction of sp³-hybridized carbons (Fsp3) is 0.429. The Morgan fingerprint density at radius 3 is 2.35 bits per heavy atom. The number of aryl methyl sites for hydroxylation is 1. The summed E-state index contributed by atoms with van der Waals surface area (Å²) in [5, 5.41) is 6.07. The molecule has 0 unspecified atom stereocenters. The van der Waals surface area contributed by atoms with Gasteiger partial charge in [0, 0.05) is 40.3 Å². The number of hydrogen-bond acceptors (Lipinski definition) is 5. The standard InChI is InChI=1S/C21H29N7O3/c1-5-27(6-2)20(30)23-13-12-22-19-24-17-16(18(29)26(4)21(31)25(17)3)28(19)14-15-10-8-7-9-11-15/h7-11H,5-6,12-14H2,1-4H3,(H,22,24)(H,23,30). The highest BCUT2D eigenvalue weighted by atomic mass is 16.2. The minimum absolute atomic E-state index is 0.124. The molecule has 2 aromatic heterocycles. The van der Waals surface area contributed by atoms with Crippen LogP contribution in [0.4, 0.5) is 10.7 Å². The van der Waals surface area contributed by atoms with Crippen molar-refractivity contribution in [3.05, 3.63) is 56.7 Å². The Bertz CT molecular complexity index is 1170. The van der Waals surface area contributed by atoms with Gasteiger partial charge >= 0.3 is 11.7 Å². The molecule has 0 radical (unpaired) electrons. The zero-order valence-electron chi connectivity index (χ0n) is 18.4. The van der Waals surface area contributed by atoms with Gasteiger partial charge in [0.2, 0.25) is 5.95 Å². The maximum atomic E-state index is 12.9. The van der Waals surface area contributed by atoms with E-state index in [-0.39, 0.29) is 6.03 Å². The molecule has 10 nitrogen and oxygen atoms in total. The molecule has 0 bridgehead atoms. The molecule has 10 heteroatoms. The summed E-state index contributed by atoms with van der Waals surface area (Å²) in [4.78, 5) is 43.6. The van der Waals surface area contributed by atoms with Crippen LogP contribution >= 0.6 is 0 Å². The second-order valence-electron chi connectivity index (χ2n) is 7.22. The Kier molecular flexibility index (Phi) is 6.78. The van der Waals surface area contributed by atoms with Gasteiger partial charge in [-0.2, -0.15) is 4.98 Å². The van der Waals surface area contributed by atoms with Crippen LogP contribution in [0.3, 0.4) is 0 Å². The summed E-state index contributed by atoms with van der Waals surface area (Å²) in [6.45, 7) is 6.36. The van der Waals surface area contributed by atoms with E-state index in [4.69, 9.17) is 0 Å². The van der Waals surface area contributed by atoms with E-state index < -0.39 is 11.2 Å². The first-order chi connectivity index (χ1) is 14.9. The highest BCUT2D eigenvalue weighted by molar-refractivity contribution is 5.75. The van der Waals surface area contributed by atoms with E-state index in [1.54, 1.807) is 16.5 Å². The smallest absolute Gasteiger partial charge is 0.332 e. The molecule has 0 spiro atoms. The zero-order chi connectivity index (χ0) is 22.5. The molecule has 166 valence electrons. The van der Waals surface area contributed by atoms with Gasteiger partial charge in [0.25, 0.3) is 5.56 Å². The Balaban J connectivity index is 1.91. The van der Waals surface area contributed by atoms with Crippen LogP contribution in [-0.4, -0.2) is 55.8 Å². The number of urea groups is 1. The topological polar surface area (TPSA) is 106 Å². The van der Waals surface area contributed by atoms with Crippen LogP contribution in [0.25, 0.3) is 11.2 Å². The van der Waals surface area contributed by atoms with Crippen molar-refractivity contribution in [2.45, 2.75) is 20.4 Å². The van der Waals surface area contributed by atoms with Gasteiger partial charge in [-0.1, -0.05) is 30.3 Å². The molecule has 0 aliphatic heterocycles. The Morgan fingerprint density at radius 1 is 1.03 bits per heavy atom. The molecule has 31 heavy (non-hydrogen) atoms. The maximum absolute atomic E-state index is 12.9. The van der Waals surface area contributed by atoms with E-state index >= 15 is 0 Å². The van der Waals surface area contributed by atoms with Crippen LogP contribution in [0.1, 0.15) is 19.4 Å². The second kappa shape index (κ2) is 9.50. The number of fused-ring (bicyclic) bond motifs is 1. The number of aromatic nitrogens is 4. The van der Waals surface area contributed by atoms with Gasteiger partial charge in [-0.05, 0) is 19.4 Å². The molecule has 0 aliphatic rings. The summed E-state index contributed by atoms with van der Waals surface area (Å²) >= 11 is 0. The number of hydrogen-bond donors (Lipinski definition) is 2. The maximum Gasteiger partial charge on any atom is 0.332 e. The molecule has 0 atom stereocenters. The highest BCUT2D eigenvalue weighted by Crippen LogP contribution is 2.17. The van der Waals surface area contributed by atoms with Gasteiger partial charge in [-0.3, -0.25) is 18.5 Å². The molecule has 2 amide bonds. The van der Waals surface area contributed by atoms with Crippen molar-refractivity contribution in [3.63, 3.8) is 0 Å². The third-order valence-electron chi connectivity index (χ3n) is 5.27. The lowest BCUT2D eigenvalue weighted by molar-refractivity contribution is 0.203. The minimum atomic E-state index is -0.431. The van der Waals surface area contributed by atoms with Crippen molar-refractivity contribution in [1.29, 1.82) is 0 Å². The van der Waals surface area contributed by atoms with Gasteiger partial charge in [0.05, 0.1) is 6.54 Å². The number of imidazole rings is 1. The number of nitrogens with zero attached hydrogens (tertiary/aromatic N) is 5. The van der Waals surface area contributed by atoms with E-state index in [1.165, 1.54) is 11.6 Å². The van der Waals surface area contributed by atoms with E-state index in [2.05, 4.69) is 15.6 Å². The summed E-state index contributed by atoms with van der Waals surface area (Å²) in [6.07, 6.45) is 0. The first-order valence-electron chi connectivity index (χ1n) is 10.4. The van der Waals surface area contributed by atoms with Crippen molar-refractivity contribution >= 4 is 23.1 Å². The molecule has 3 rings (SSSR count). The van der Waals surface area contributed by atoms with Crippen LogP contribution in [0, 0.1) is 0 Å². The van der Waals surface area contributed by atoms with Crippen LogP contribution in [0.15, 0.2) is 39.9 Å². The lowest BCUT2D eigenvalue weighted by Gasteiger charge is -2.19. The summed E-state index contributed by atoms with van der Waals surface area (Å²) < 4.78 is 4.23. The second-order valence-corrected chi connectivity index (χ2v) is 7.22. The van der Waals surface area contributed by atoms with Crippen molar-refractivity contribution < 1.29 is 4.79 Å². The van der Waals surface area contributed by atoms with E-state index in [9.17, 15) is 14.4 Å². The molecular formula is C21H29N7O3. The number of anilines is 1. The van der Waals surface area contributed by atoms with Gasteiger partial charge < -0.3 is 15.5 Å². The normalized spacial score (nSPS) is 11.0. The van der Waals surface area contributed by atoms with Crippen molar-refractivity contribution in [2.75, 3.05) is 31.5 Å². The number of carbonyl (C=O) groups is 1. The number of nitrogens with one attached hydrogen (secondary N) is 2. The molecule has 1 aromatic carbocycles. The third kappa shape index (κ3) is 4.47. The Labute approximate surface area is 180 Å². The molecule has 2 N–H and O–H groups in total. The first-order valence-corrected chi connectivity index (χ1v) is 10.4. The number of amides is 2. The lowest BCUT2D eigenvalue weighted by atomic mass is 10.2. The predicted octanol–water partition coefficient (Wildman–Crippen LogP) is 0.945. The van der Waals surface area contributed by atoms with Gasteiger partial charge in [0.15, 0.2) is 11.2 Å². The SMILES string of the molecule is CCN(CC)C(=O)NCCNc1nc2c(c(=O)n(C)c(=O)n2C)n1Cc1ccccc1. The largest absolute Gasteiger partial charge is 0.354 e. The third-order valence-corrected chi connectivity index (χ3v) is 5.27. The molecule has 3 aromatic rings. The van der Waals surface area contributed by atoms with Crippen LogP contribution in [0.5, 0.6) is 0 Å². The van der Waals surface area contributed by atoms with Gasteiger partial charge in [0.1, 0.15) is 0 Å². The van der Waals surface area contributed by atoms with Gasteiger partial charge in [-0.15, -0.1) is 0 Å². The fourth-order valence-corrected chi connectivity index (χ4v) is 3.47. The number of benzene rings is 1. The minimum Gasteiger partial charge on any atom is -0.354 e. The van der Waals surface area contributed by atoms with E-state index in [0.29, 0.717) is 49.8 Å². The van der Waals surface area contributed by atoms with Crippen LogP contribution < -0.4 is 21.9 Å². The van der Waals surface area contributed by atoms with Crippen molar-refractivity contribution in [3.8, 4) is 0 Å². The summed E-state index contributed by atoms with van der Waals surface area (Å²) in [5.74, 6) is 0.467. The van der Waals surface area contributed by atoms with E-state index in [1.807, 2.05) is 44.2 Å². The monoisotopic (exact) mass is 427 g/mol. The van der Waals surface area contributed by atoms with Crippen molar-refractivity contribution in [2.24, 2.45) is 14.1 Å². The van der Waals surface area contributed by atoms with Crippen molar-refractivity contribution in [1.82, 2.24) is 28.9 Å². The van der Waals surface area contributed by atoms with Crippen LogP contribution in [-0.2, 0) is 20.6 Å². The average molecular weight is 428 g/mol. The van der Waals surface area contributed by atoms with E-state index in [0.717, 1.165) is 10.1 Å². The Morgan fingerprint density at radius 2 is 1.71 bits per heavy atom. The molecular weight excluding hydrogens is 398 g/mol. The summed E-state index contributed by atoms with van der Waals surface area (Å²) in [5.41, 5.74) is 0.835. The van der Waals surface area contributed by atoms with Crippen LogP contribution in [0.2, 0.25) is 0 Å². The predicted molar refractivity (Wildman–Crippen MR) is 121 cm³/mol. The molecule has 0 aliphatic carbocycles.